The standard InChI is InChI=1S/C27H29F2N7O3S/c1-35-10-8-20(9-11-35)36(2)27(38)33-23-15-25(31-16-30-23)39-22-7-6-19(14-21(22)29)32-26(40)34-24(37)13-17-4-3-5-18(28)12-17/h3-7,12,14-16,20H,8-11,13H2,1-2H3,(H,30,31,33,38)(H2,32,34,37,40). The van der Waals surface area contributed by atoms with Crippen LogP contribution in [0.1, 0.15) is 18.4 Å². The maximum Gasteiger partial charge on any atom is 0.323 e. The van der Waals surface area contributed by atoms with Gasteiger partial charge in [0.15, 0.2) is 16.7 Å². The third kappa shape index (κ3) is 8.13. The predicted octanol–water partition coefficient (Wildman–Crippen LogP) is 4.16. The Morgan fingerprint density at radius 2 is 1.88 bits per heavy atom. The maximum atomic E-state index is 14.8. The van der Waals surface area contributed by atoms with Crippen molar-refractivity contribution in [3.05, 3.63) is 72.1 Å². The Hall–Kier alpha value is -4.23. The summed E-state index contributed by atoms with van der Waals surface area (Å²) < 4.78 is 33.6. The van der Waals surface area contributed by atoms with Gasteiger partial charge in [-0.1, -0.05) is 12.1 Å². The largest absolute Gasteiger partial charge is 0.436 e. The molecule has 0 saturated carbocycles. The van der Waals surface area contributed by atoms with Crippen LogP contribution in [-0.4, -0.2) is 70.0 Å². The van der Waals surface area contributed by atoms with Gasteiger partial charge in [0.1, 0.15) is 18.0 Å². The van der Waals surface area contributed by atoms with Crippen LogP contribution in [0.25, 0.3) is 0 Å². The zero-order valence-corrected chi connectivity index (χ0v) is 22.8. The van der Waals surface area contributed by atoms with Crippen LogP contribution in [0, 0.1) is 11.6 Å². The van der Waals surface area contributed by atoms with E-state index in [0.717, 1.165) is 32.0 Å². The lowest BCUT2D eigenvalue weighted by atomic mass is 10.0. The average Bonchev–Trinajstić information content (AvgIpc) is 2.90. The summed E-state index contributed by atoms with van der Waals surface area (Å²) in [6.45, 7) is 1.84. The molecule has 0 atom stereocenters. The molecule has 2 heterocycles. The minimum atomic E-state index is -0.718. The molecular weight excluding hydrogens is 540 g/mol. The Balaban J connectivity index is 1.30. The fraction of sp³-hybridized carbons (Fsp3) is 0.296. The van der Waals surface area contributed by atoms with Crippen molar-refractivity contribution in [2.75, 3.05) is 37.8 Å². The lowest BCUT2D eigenvalue weighted by Gasteiger charge is -2.34. The van der Waals surface area contributed by atoms with Crippen LogP contribution < -0.4 is 20.7 Å². The first-order chi connectivity index (χ1) is 19.2. The van der Waals surface area contributed by atoms with Crippen molar-refractivity contribution in [1.29, 1.82) is 0 Å². The molecule has 13 heteroatoms. The van der Waals surface area contributed by atoms with Crippen molar-refractivity contribution in [1.82, 2.24) is 25.1 Å². The number of carbonyl (C=O) groups excluding carboxylic acids is 2. The molecule has 0 spiro atoms. The highest BCUT2D eigenvalue weighted by molar-refractivity contribution is 7.80. The van der Waals surface area contributed by atoms with Gasteiger partial charge >= 0.3 is 6.03 Å². The maximum absolute atomic E-state index is 14.8. The molecule has 0 unspecified atom stereocenters. The monoisotopic (exact) mass is 569 g/mol. The number of piperidine rings is 1. The number of carbonyl (C=O) groups is 2. The third-order valence-corrected chi connectivity index (χ3v) is 6.55. The van der Waals surface area contributed by atoms with Crippen LogP contribution >= 0.6 is 12.2 Å². The van der Waals surface area contributed by atoms with Crippen molar-refractivity contribution >= 4 is 40.8 Å². The smallest absolute Gasteiger partial charge is 0.323 e. The number of halogens is 2. The van der Waals surface area contributed by atoms with E-state index in [0.29, 0.717) is 5.56 Å². The molecule has 1 aromatic heterocycles. The molecule has 1 aliphatic rings. The molecule has 210 valence electrons. The normalized spacial score (nSPS) is 13.8. The fourth-order valence-corrected chi connectivity index (χ4v) is 4.38. The number of thiocarbonyl (C=S) groups is 1. The molecule has 40 heavy (non-hydrogen) atoms. The van der Waals surface area contributed by atoms with Crippen LogP contribution in [0.2, 0.25) is 0 Å². The number of nitrogens with zero attached hydrogens (tertiary/aromatic N) is 4. The van der Waals surface area contributed by atoms with Crippen LogP contribution in [0.3, 0.4) is 0 Å². The predicted molar refractivity (Wildman–Crippen MR) is 150 cm³/mol. The Labute approximate surface area is 235 Å². The Morgan fingerprint density at radius 3 is 2.60 bits per heavy atom. The topological polar surface area (TPSA) is 112 Å². The van der Waals surface area contributed by atoms with Gasteiger partial charge in [-0.05, 0) is 75.0 Å². The van der Waals surface area contributed by atoms with Crippen LogP contribution in [0.4, 0.5) is 25.1 Å². The second-order valence-electron chi connectivity index (χ2n) is 9.37. The van der Waals surface area contributed by atoms with Crippen LogP contribution in [0.5, 0.6) is 11.6 Å². The van der Waals surface area contributed by atoms with Gasteiger partial charge in [-0.3, -0.25) is 10.1 Å². The molecule has 0 radical (unpaired) electrons. The van der Waals surface area contributed by atoms with E-state index in [1.54, 1.807) is 18.0 Å². The molecular formula is C27H29F2N7O3S. The summed E-state index contributed by atoms with van der Waals surface area (Å²) in [5, 5.41) is 7.87. The Kier molecular flexibility index (Phi) is 9.51. The molecule has 10 nitrogen and oxygen atoms in total. The number of hydrogen-bond donors (Lipinski definition) is 3. The number of aromatic nitrogens is 2. The first kappa shape index (κ1) is 28.8. The summed E-state index contributed by atoms with van der Waals surface area (Å²) in [7, 11) is 3.80. The quantitative estimate of drug-likeness (QED) is 0.364. The van der Waals surface area contributed by atoms with Gasteiger partial charge < -0.3 is 25.2 Å². The number of rotatable bonds is 7. The van der Waals surface area contributed by atoms with Gasteiger partial charge in [0.2, 0.25) is 11.8 Å². The number of hydrogen-bond acceptors (Lipinski definition) is 7. The van der Waals surface area contributed by atoms with Crippen LogP contribution in [-0.2, 0) is 11.2 Å². The van der Waals surface area contributed by atoms with Crippen molar-refractivity contribution in [2.45, 2.75) is 25.3 Å². The van der Waals surface area contributed by atoms with Gasteiger partial charge in [0.05, 0.1) is 6.42 Å². The molecule has 3 aromatic rings. The summed E-state index contributed by atoms with van der Waals surface area (Å²) in [5.74, 6) is -1.48. The van der Waals surface area contributed by atoms with E-state index >= 15 is 0 Å². The van der Waals surface area contributed by atoms with Gasteiger partial charge in [0.25, 0.3) is 0 Å². The molecule has 1 fully saturated rings. The molecule has 0 aliphatic carbocycles. The lowest BCUT2D eigenvalue weighted by molar-refractivity contribution is -0.119. The minimum Gasteiger partial charge on any atom is -0.436 e. The molecule has 3 amide bonds. The van der Waals surface area contributed by atoms with E-state index in [-0.39, 0.29) is 46.7 Å². The summed E-state index contributed by atoms with van der Waals surface area (Å²) >= 11 is 5.12. The second kappa shape index (κ2) is 13.2. The van der Waals surface area contributed by atoms with E-state index in [9.17, 15) is 18.4 Å². The lowest BCUT2D eigenvalue weighted by Crippen LogP contribution is -2.46. The van der Waals surface area contributed by atoms with E-state index in [2.05, 4.69) is 37.9 Å². The van der Waals surface area contributed by atoms with Crippen molar-refractivity contribution < 1.29 is 23.1 Å². The Bertz CT molecular complexity index is 1390. The zero-order chi connectivity index (χ0) is 28.6. The molecule has 3 N–H and O–H groups in total. The van der Waals surface area contributed by atoms with Crippen LogP contribution in [0.15, 0.2) is 54.9 Å². The minimum absolute atomic E-state index is 0.0342. The molecule has 2 aromatic carbocycles. The average molecular weight is 570 g/mol. The van der Waals surface area contributed by atoms with Gasteiger partial charge in [-0.2, -0.15) is 0 Å². The third-order valence-electron chi connectivity index (χ3n) is 6.34. The highest BCUT2D eigenvalue weighted by Gasteiger charge is 2.24. The number of amides is 3. The van der Waals surface area contributed by atoms with E-state index in [1.165, 1.54) is 42.7 Å². The summed E-state index contributed by atoms with van der Waals surface area (Å²) in [5.41, 5.74) is 0.762. The first-order valence-corrected chi connectivity index (χ1v) is 12.9. The van der Waals surface area contributed by atoms with Crippen molar-refractivity contribution in [3.8, 4) is 11.6 Å². The van der Waals surface area contributed by atoms with E-state index in [4.69, 9.17) is 17.0 Å². The number of anilines is 2. The molecule has 0 bridgehead atoms. The van der Waals surface area contributed by atoms with Crippen molar-refractivity contribution in [2.24, 2.45) is 0 Å². The number of urea groups is 1. The summed E-state index contributed by atoms with van der Waals surface area (Å²) in [6.07, 6.45) is 2.90. The fourth-order valence-electron chi connectivity index (χ4n) is 4.15. The van der Waals surface area contributed by atoms with E-state index in [1.807, 2.05) is 0 Å². The summed E-state index contributed by atoms with van der Waals surface area (Å²) in [4.78, 5) is 36.8. The highest BCUT2D eigenvalue weighted by Crippen LogP contribution is 2.26. The van der Waals surface area contributed by atoms with E-state index < -0.39 is 17.5 Å². The SMILES string of the molecule is CN1CCC(N(C)C(=O)Nc2cc(Oc3ccc(NC(=S)NC(=O)Cc4cccc(F)c4)cc3F)ncn2)CC1. The van der Waals surface area contributed by atoms with Gasteiger partial charge in [0, 0.05) is 30.9 Å². The summed E-state index contributed by atoms with van der Waals surface area (Å²) in [6, 6.07) is 10.9. The van der Waals surface area contributed by atoms with Gasteiger partial charge in [-0.25, -0.2) is 23.5 Å². The van der Waals surface area contributed by atoms with Crippen molar-refractivity contribution in [3.63, 3.8) is 0 Å². The van der Waals surface area contributed by atoms with Gasteiger partial charge in [-0.15, -0.1) is 0 Å². The molecule has 1 saturated heterocycles. The second-order valence-corrected chi connectivity index (χ2v) is 9.78. The first-order valence-electron chi connectivity index (χ1n) is 12.5. The number of nitrogens with one attached hydrogen (secondary N) is 3. The number of likely N-dealkylation sites (tertiary alicyclic amines) is 1. The number of benzene rings is 2. The molecule has 1 aliphatic heterocycles. The Morgan fingerprint density at radius 1 is 1.10 bits per heavy atom. The highest BCUT2D eigenvalue weighted by atomic mass is 32.1. The number of ether oxygens (including phenoxy) is 1. The zero-order valence-electron chi connectivity index (χ0n) is 22.0. The molecule has 4 rings (SSSR count).